The Hall–Kier alpha value is -2.18. The minimum Gasteiger partial charge on any atom is -0.466 e. The number of fused-ring (bicyclic) bond motifs is 1. The van der Waals surface area contributed by atoms with Crippen LogP contribution in [0, 0.1) is 11.8 Å². The SMILES string of the molecule is CCOC(=O)[C@@H]1[C@@H]2C(=O)N(c3ccc(Br)cc3)C(=O)[C@@]12c1ccc(Cl)cc1. The molecular weight excluding hydrogens is 434 g/mol. The summed E-state index contributed by atoms with van der Waals surface area (Å²) in [5, 5.41) is 0.515. The normalized spacial score (nSPS) is 26.1. The molecule has 2 amide bonds. The van der Waals surface area contributed by atoms with E-state index in [1.54, 1.807) is 55.5 Å². The number of amides is 2. The molecule has 7 heteroatoms. The van der Waals surface area contributed by atoms with Gasteiger partial charge in [0, 0.05) is 9.50 Å². The summed E-state index contributed by atoms with van der Waals surface area (Å²) in [6.45, 7) is 1.89. The Morgan fingerprint density at radius 3 is 2.37 bits per heavy atom. The fraction of sp³-hybridized carbons (Fsp3) is 0.250. The lowest BCUT2D eigenvalue weighted by molar-refractivity contribution is -0.147. The third kappa shape index (κ3) is 2.54. The summed E-state index contributed by atoms with van der Waals surface area (Å²) in [4.78, 5) is 40.1. The van der Waals surface area contributed by atoms with Crippen LogP contribution in [0.1, 0.15) is 12.5 Å². The number of hydrogen-bond acceptors (Lipinski definition) is 4. The van der Waals surface area contributed by atoms with Crippen molar-refractivity contribution in [1.29, 1.82) is 0 Å². The molecule has 0 spiro atoms. The van der Waals surface area contributed by atoms with Crippen molar-refractivity contribution in [1.82, 2.24) is 0 Å². The maximum absolute atomic E-state index is 13.4. The molecule has 1 heterocycles. The van der Waals surface area contributed by atoms with Gasteiger partial charge in [0.05, 0.1) is 24.1 Å². The van der Waals surface area contributed by atoms with Gasteiger partial charge in [-0.2, -0.15) is 0 Å². The smallest absolute Gasteiger partial charge is 0.311 e. The second kappa shape index (κ2) is 6.46. The zero-order valence-electron chi connectivity index (χ0n) is 14.3. The lowest BCUT2D eigenvalue weighted by Gasteiger charge is -2.22. The summed E-state index contributed by atoms with van der Waals surface area (Å²) in [6, 6.07) is 13.6. The molecule has 0 unspecified atom stereocenters. The van der Waals surface area contributed by atoms with Crippen molar-refractivity contribution >= 4 is 51.0 Å². The van der Waals surface area contributed by atoms with E-state index in [4.69, 9.17) is 16.3 Å². The van der Waals surface area contributed by atoms with E-state index in [0.717, 1.165) is 4.47 Å². The third-order valence-electron chi connectivity index (χ3n) is 5.20. The van der Waals surface area contributed by atoms with Crippen molar-refractivity contribution in [3.8, 4) is 0 Å². The van der Waals surface area contributed by atoms with E-state index in [2.05, 4.69) is 15.9 Å². The first-order valence-electron chi connectivity index (χ1n) is 8.49. The van der Waals surface area contributed by atoms with Crippen molar-refractivity contribution < 1.29 is 19.1 Å². The van der Waals surface area contributed by atoms with Gasteiger partial charge in [0.15, 0.2) is 0 Å². The second-order valence-corrected chi connectivity index (χ2v) is 7.89. The number of imide groups is 1. The number of carbonyl (C=O) groups is 3. The van der Waals surface area contributed by atoms with Crippen LogP contribution < -0.4 is 4.90 Å². The van der Waals surface area contributed by atoms with Crippen LogP contribution in [0.15, 0.2) is 53.0 Å². The summed E-state index contributed by atoms with van der Waals surface area (Å²) < 4.78 is 5.97. The van der Waals surface area contributed by atoms with Crippen molar-refractivity contribution in [2.24, 2.45) is 11.8 Å². The zero-order valence-corrected chi connectivity index (χ0v) is 16.7. The Bertz CT molecular complexity index is 943. The van der Waals surface area contributed by atoms with Crippen LogP contribution in [-0.4, -0.2) is 24.4 Å². The second-order valence-electron chi connectivity index (χ2n) is 6.54. The van der Waals surface area contributed by atoms with Crippen molar-refractivity contribution in [3.05, 3.63) is 63.6 Å². The Labute approximate surface area is 169 Å². The molecular formula is C20H15BrClNO4. The molecule has 1 aliphatic heterocycles. The zero-order chi connectivity index (χ0) is 19.3. The molecule has 3 atom stereocenters. The predicted molar refractivity (Wildman–Crippen MR) is 103 cm³/mol. The Balaban J connectivity index is 1.80. The van der Waals surface area contributed by atoms with Gasteiger partial charge in [-0.15, -0.1) is 0 Å². The Morgan fingerprint density at radius 1 is 1.15 bits per heavy atom. The van der Waals surface area contributed by atoms with Gasteiger partial charge in [-0.1, -0.05) is 39.7 Å². The summed E-state index contributed by atoms with van der Waals surface area (Å²) >= 11 is 9.31. The van der Waals surface area contributed by atoms with Gasteiger partial charge in [0.2, 0.25) is 11.8 Å². The number of piperidine rings is 1. The standard InChI is InChI=1S/C20H15BrClNO4/c1-2-27-18(25)16-15-17(24)23(14-9-5-12(21)6-10-14)19(26)20(15,16)11-3-7-13(22)8-4-11/h3-10,15-16H,2H2,1H3/t15-,16+,20-/m1/s1. The molecule has 27 heavy (non-hydrogen) atoms. The molecule has 1 saturated heterocycles. The number of ether oxygens (including phenoxy) is 1. The predicted octanol–water partition coefficient (Wildman–Crippen LogP) is 3.72. The first kappa shape index (κ1) is 18.2. The topological polar surface area (TPSA) is 63.7 Å². The van der Waals surface area contributed by atoms with Gasteiger partial charge in [0.1, 0.15) is 5.41 Å². The van der Waals surface area contributed by atoms with E-state index >= 15 is 0 Å². The van der Waals surface area contributed by atoms with E-state index in [-0.39, 0.29) is 12.5 Å². The quantitative estimate of drug-likeness (QED) is 0.528. The molecule has 0 N–H and O–H groups in total. The number of benzene rings is 2. The van der Waals surface area contributed by atoms with Gasteiger partial charge in [-0.3, -0.25) is 14.4 Å². The van der Waals surface area contributed by atoms with Crippen LogP contribution in [0.25, 0.3) is 0 Å². The third-order valence-corrected chi connectivity index (χ3v) is 5.98. The molecule has 0 bridgehead atoms. The van der Waals surface area contributed by atoms with Crippen LogP contribution in [-0.2, 0) is 24.5 Å². The van der Waals surface area contributed by atoms with Gasteiger partial charge >= 0.3 is 5.97 Å². The van der Waals surface area contributed by atoms with Gasteiger partial charge in [0.25, 0.3) is 0 Å². The summed E-state index contributed by atoms with van der Waals surface area (Å²) in [5.74, 6) is -2.86. The van der Waals surface area contributed by atoms with Gasteiger partial charge in [-0.25, -0.2) is 4.90 Å². The fourth-order valence-electron chi connectivity index (χ4n) is 4.01. The van der Waals surface area contributed by atoms with Gasteiger partial charge in [-0.05, 0) is 48.9 Å². The molecule has 2 aromatic carbocycles. The van der Waals surface area contributed by atoms with E-state index in [1.807, 2.05) is 0 Å². The number of esters is 1. The average Bonchev–Trinajstić information content (AvgIpc) is 3.29. The van der Waals surface area contributed by atoms with Crippen LogP contribution in [0.5, 0.6) is 0 Å². The van der Waals surface area contributed by atoms with Gasteiger partial charge < -0.3 is 4.74 Å². The first-order chi connectivity index (χ1) is 12.9. The van der Waals surface area contributed by atoms with Crippen LogP contribution in [0.4, 0.5) is 5.69 Å². The molecule has 5 nitrogen and oxygen atoms in total. The molecule has 1 saturated carbocycles. The molecule has 4 rings (SSSR count). The molecule has 1 aliphatic carbocycles. The minimum atomic E-state index is -1.22. The highest BCUT2D eigenvalue weighted by atomic mass is 79.9. The molecule has 2 fully saturated rings. The van der Waals surface area contributed by atoms with Crippen LogP contribution in [0.3, 0.4) is 0 Å². The molecule has 2 aliphatic rings. The van der Waals surface area contributed by atoms with E-state index < -0.39 is 29.1 Å². The molecule has 0 aromatic heterocycles. The number of anilines is 1. The Kier molecular flexibility index (Phi) is 4.35. The average molecular weight is 449 g/mol. The van der Waals surface area contributed by atoms with Crippen LogP contribution in [0.2, 0.25) is 5.02 Å². The minimum absolute atomic E-state index is 0.192. The maximum Gasteiger partial charge on any atom is 0.311 e. The molecule has 2 aromatic rings. The highest BCUT2D eigenvalue weighted by molar-refractivity contribution is 9.10. The lowest BCUT2D eigenvalue weighted by atomic mass is 9.91. The van der Waals surface area contributed by atoms with Crippen LogP contribution >= 0.6 is 27.5 Å². The maximum atomic E-state index is 13.4. The monoisotopic (exact) mass is 447 g/mol. The summed E-state index contributed by atoms with van der Waals surface area (Å²) in [5.41, 5.74) is -0.134. The molecule has 0 radical (unpaired) electrons. The fourth-order valence-corrected chi connectivity index (χ4v) is 4.40. The lowest BCUT2D eigenvalue weighted by Crippen LogP contribution is -2.40. The van der Waals surface area contributed by atoms with E-state index in [9.17, 15) is 14.4 Å². The van der Waals surface area contributed by atoms with Crippen molar-refractivity contribution in [2.45, 2.75) is 12.3 Å². The van der Waals surface area contributed by atoms with E-state index in [1.165, 1.54) is 4.90 Å². The number of carbonyl (C=O) groups excluding carboxylic acids is 3. The number of nitrogens with zero attached hydrogens (tertiary/aromatic N) is 1. The highest BCUT2D eigenvalue weighted by Gasteiger charge is 2.83. The summed E-state index contributed by atoms with van der Waals surface area (Å²) in [7, 11) is 0. The van der Waals surface area contributed by atoms with Crippen molar-refractivity contribution in [2.75, 3.05) is 11.5 Å². The highest BCUT2D eigenvalue weighted by Crippen LogP contribution is 2.66. The Morgan fingerprint density at radius 2 is 1.78 bits per heavy atom. The first-order valence-corrected chi connectivity index (χ1v) is 9.66. The van der Waals surface area contributed by atoms with E-state index in [0.29, 0.717) is 16.3 Å². The number of rotatable bonds is 4. The molecule has 138 valence electrons. The largest absolute Gasteiger partial charge is 0.466 e. The van der Waals surface area contributed by atoms with Crippen molar-refractivity contribution in [3.63, 3.8) is 0 Å². The number of halogens is 2. The summed E-state index contributed by atoms with van der Waals surface area (Å²) in [6.07, 6.45) is 0. The number of hydrogen-bond donors (Lipinski definition) is 0.